The third kappa shape index (κ3) is 3.58. The number of hydrogen-bond donors (Lipinski definition) is 2. The van der Waals surface area contributed by atoms with Gasteiger partial charge in [0.2, 0.25) is 11.9 Å². The normalized spacial score (nSPS) is 21.3. The summed E-state index contributed by atoms with van der Waals surface area (Å²) < 4.78 is 10.9. The van der Waals surface area contributed by atoms with Crippen molar-refractivity contribution in [3.63, 3.8) is 0 Å². The summed E-state index contributed by atoms with van der Waals surface area (Å²) in [6.07, 6.45) is 3.41. The average Bonchev–Trinajstić information content (AvgIpc) is 3.50. The lowest BCUT2D eigenvalue weighted by molar-refractivity contribution is -0.120. The van der Waals surface area contributed by atoms with Crippen LogP contribution < -0.4 is 10.6 Å². The van der Waals surface area contributed by atoms with Crippen LogP contribution in [0.5, 0.6) is 0 Å². The van der Waals surface area contributed by atoms with E-state index in [1.807, 2.05) is 36.4 Å². The van der Waals surface area contributed by atoms with Gasteiger partial charge in [-0.1, -0.05) is 29.4 Å². The number of anilines is 1. The van der Waals surface area contributed by atoms with E-state index in [9.17, 15) is 4.79 Å². The number of hydrogen-bond acceptors (Lipinski definition) is 7. The molecule has 148 valence electrons. The lowest BCUT2D eigenvalue weighted by atomic mass is 9.99. The quantitative estimate of drug-likeness (QED) is 0.689. The highest BCUT2D eigenvalue weighted by molar-refractivity contribution is 5.86. The van der Waals surface area contributed by atoms with Crippen molar-refractivity contribution in [1.29, 1.82) is 0 Å². The number of carbonyl (C=O) groups excluding carboxylic acids is 1. The number of benzene rings is 1. The van der Waals surface area contributed by atoms with Gasteiger partial charge in [-0.05, 0) is 18.9 Å². The number of rotatable bonds is 5. The van der Waals surface area contributed by atoms with E-state index in [0.717, 1.165) is 36.3 Å². The van der Waals surface area contributed by atoms with E-state index in [1.165, 1.54) is 0 Å². The first kappa shape index (κ1) is 17.8. The highest BCUT2D eigenvalue weighted by atomic mass is 16.5. The van der Waals surface area contributed by atoms with Crippen molar-refractivity contribution < 1.29 is 14.1 Å². The number of aromatic nitrogens is 3. The van der Waals surface area contributed by atoms with E-state index in [4.69, 9.17) is 9.26 Å². The summed E-state index contributed by atoms with van der Waals surface area (Å²) >= 11 is 0. The highest BCUT2D eigenvalue weighted by Gasteiger charge is 2.30. The van der Waals surface area contributed by atoms with Gasteiger partial charge in [0, 0.05) is 36.5 Å². The summed E-state index contributed by atoms with van der Waals surface area (Å²) in [5.41, 5.74) is 3.30. The molecule has 8 nitrogen and oxygen atoms in total. The van der Waals surface area contributed by atoms with Gasteiger partial charge in [0.15, 0.2) is 0 Å². The van der Waals surface area contributed by atoms with E-state index in [2.05, 4.69) is 25.8 Å². The molecule has 0 saturated carbocycles. The minimum Gasteiger partial charge on any atom is -0.379 e. The molecule has 3 aromatic rings. The molecule has 8 heteroatoms. The van der Waals surface area contributed by atoms with Crippen LogP contribution in [0, 0.1) is 0 Å². The molecule has 0 aliphatic carbocycles. The Balaban J connectivity index is 1.46. The van der Waals surface area contributed by atoms with Crippen LogP contribution in [0.1, 0.15) is 24.5 Å². The van der Waals surface area contributed by atoms with Gasteiger partial charge in [-0.3, -0.25) is 4.79 Å². The van der Waals surface area contributed by atoms with Crippen molar-refractivity contribution in [2.24, 2.45) is 0 Å². The maximum absolute atomic E-state index is 12.0. The standard InChI is InChI=1S/C21H21N5O3/c27-20-16(5-8-22-20)19-11-18(26-29-19)15-4-2-1-3-14(15)17-6-9-23-21(25-17)24-13-7-10-28-12-13/h1-4,6,9,11,13,16H,5,7-8,10,12H2,(H,22,27)(H,23,24,25)/t13-,16?/m0/s1. The van der Waals surface area contributed by atoms with E-state index >= 15 is 0 Å². The van der Waals surface area contributed by atoms with Gasteiger partial charge in [0.25, 0.3) is 0 Å². The second-order valence-corrected chi connectivity index (χ2v) is 7.26. The summed E-state index contributed by atoms with van der Waals surface area (Å²) in [4.78, 5) is 21.0. The molecular formula is C21H21N5O3. The van der Waals surface area contributed by atoms with Crippen LogP contribution in [0.4, 0.5) is 5.95 Å². The first-order chi connectivity index (χ1) is 14.3. The number of nitrogens with zero attached hydrogens (tertiary/aromatic N) is 3. The molecular weight excluding hydrogens is 370 g/mol. The van der Waals surface area contributed by atoms with E-state index in [-0.39, 0.29) is 17.9 Å². The van der Waals surface area contributed by atoms with Gasteiger partial charge in [-0.15, -0.1) is 0 Å². The summed E-state index contributed by atoms with van der Waals surface area (Å²) in [5.74, 6) is 0.891. The lowest BCUT2D eigenvalue weighted by Crippen LogP contribution is -2.20. The van der Waals surface area contributed by atoms with E-state index < -0.39 is 0 Å². The lowest BCUT2D eigenvalue weighted by Gasteiger charge is -2.12. The molecule has 29 heavy (non-hydrogen) atoms. The smallest absolute Gasteiger partial charge is 0.230 e. The topological polar surface area (TPSA) is 102 Å². The van der Waals surface area contributed by atoms with Crippen molar-refractivity contribution >= 4 is 11.9 Å². The molecule has 5 rings (SSSR count). The predicted octanol–water partition coefficient (Wildman–Crippen LogP) is 2.60. The molecule has 2 fully saturated rings. The first-order valence-electron chi connectivity index (χ1n) is 9.79. The van der Waals surface area contributed by atoms with Gasteiger partial charge < -0.3 is 19.9 Å². The molecule has 4 heterocycles. The van der Waals surface area contributed by atoms with Crippen LogP contribution in [0.2, 0.25) is 0 Å². The SMILES string of the molecule is O=C1NCCC1c1cc(-c2ccccc2-c2ccnc(N[C@H]3CCOC3)n2)no1. The Labute approximate surface area is 167 Å². The molecule has 2 aliphatic heterocycles. The average molecular weight is 391 g/mol. The predicted molar refractivity (Wildman–Crippen MR) is 106 cm³/mol. The zero-order valence-electron chi connectivity index (χ0n) is 15.8. The van der Waals surface area contributed by atoms with Crippen LogP contribution in [-0.4, -0.2) is 46.8 Å². The minimum absolute atomic E-state index is 0.0107. The molecule has 2 N–H and O–H groups in total. The molecule has 1 aromatic carbocycles. The Kier molecular flexibility index (Phi) is 4.69. The summed E-state index contributed by atoms with van der Waals surface area (Å²) in [6, 6.07) is 11.8. The Morgan fingerprint density at radius 2 is 1.97 bits per heavy atom. The first-order valence-corrected chi connectivity index (χ1v) is 9.79. The number of amides is 1. The third-order valence-corrected chi connectivity index (χ3v) is 5.32. The summed E-state index contributed by atoms with van der Waals surface area (Å²) in [6.45, 7) is 2.09. The number of carbonyl (C=O) groups is 1. The van der Waals surface area contributed by atoms with Gasteiger partial charge in [0.05, 0.1) is 18.3 Å². The molecule has 1 amide bonds. The van der Waals surface area contributed by atoms with Gasteiger partial charge in [0.1, 0.15) is 17.4 Å². The van der Waals surface area contributed by atoms with E-state index in [0.29, 0.717) is 30.6 Å². The van der Waals surface area contributed by atoms with Crippen molar-refractivity contribution in [3.05, 3.63) is 48.4 Å². The molecule has 2 aliphatic rings. The zero-order valence-corrected chi connectivity index (χ0v) is 15.8. The molecule has 2 saturated heterocycles. The highest BCUT2D eigenvalue weighted by Crippen LogP contribution is 2.33. The molecule has 2 atom stereocenters. The van der Waals surface area contributed by atoms with Crippen molar-refractivity contribution in [2.45, 2.75) is 24.8 Å². The molecule has 2 aromatic heterocycles. The summed E-state index contributed by atoms with van der Waals surface area (Å²) in [7, 11) is 0. The van der Waals surface area contributed by atoms with Gasteiger partial charge in [-0.25, -0.2) is 9.97 Å². The van der Waals surface area contributed by atoms with Crippen LogP contribution >= 0.6 is 0 Å². The van der Waals surface area contributed by atoms with Gasteiger partial charge >= 0.3 is 0 Å². The Hall–Kier alpha value is -3.26. The minimum atomic E-state index is -0.271. The van der Waals surface area contributed by atoms with Crippen molar-refractivity contribution in [2.75, 3.05) is 25.1 Å². The summed E-state index contributed by atoms with van der Waals surface area (Å²) in [5, 5.41) is 10.4. The fourth-order valence-electron chi connectivity index (χ4n) is 3.78. The van der Waals surface area contributed by atoms with Crippen molar-refractivity contribution in [1.82, 2.24) is 20.4 Å². The maximum atomic E-state index is 12.0. The fraction of sp³-hybridized carbons (Fsp3) is 0.333. The molecule has 0 spiro atoms. The van der Waals surface area contributed by atoms with Crippen molar-refractivity contribution in [3.8, 4) is 22.5 Å². The Bertz CT molecular complexity index is 1030. The largest absolute Gasteiger partial charge is 0.379 e. The van der Waals surface area contributed by atoms with Crippen LogP contribution in [0.15, 0.2) is 47.1 Å². The second kappa shape index (κ2) is 7.63. The van der Waals surface area contributed by atoms with Crippen LogP contribution in [0.25, 0.3) is 22.5 Å². The fourth-order valence-corrected chi connectivity index (χ4v) is 3.78. The molecule has 0 bridgehead atoms. The van der Waals surface area contributed by atoms with Gasteiger partial charge in [-0.2, -0.15) is 0 Å². The number of ether oxygens (including phenoxy) is 1. The monoisotopic (exact) mass is 391 g/mol. The Morgan fingerprint density at radius 3 is 2.72 bits per heavy atom. The molecule has 0 radical (unpaired) electrons. The van der Waals surface area contributed by atoms with E-state index in [1.54, 1.807) is 6.20 Å². The second-order valence-electron chi connectivity index (χ2n) is 7.26. The van der Waals surface area contributed by atoms with Crippen LogP contribution in [-0.2, 0) is 9.53 Å². The zero-order chi connectivity index (χ0) is 19.6. The Morgan fingerprint density at radius 1 is 1.10 bits per heavy atom. The third-order valence-electron chi connectivity index (χ3n) is 5.32. The van der Waals surface area contributed by atoms with Crippen LogP contribution in [0.3, 0.4) is 0 Å². The maximum Gasteiger partial charge on any atom is 0.230 e. The molecule has 1 unspecified atom stereocenters. The number of nitrogens with one attached hydrogen (secondary N) is 2.